The third-order valence-electron chi connectivity index (χ3n) is 0.165. The van der Waals surface area contributed by atoms with E-state index < -0.39 is 16.5 Å². The van der Waals surface area contributed by atoms with Crippen LogP contribution in [-0.2, 0) is 10.5 Å². The van der Waals surface area contributed by atoms with Gasteiger partial charge in [-0.15, -0.1) is 0 Å². The number of urea groups is 1. The van der Waals surface area contributed by atoms with Crippen LogP contribution < -0.4 is 17.2 Å². The zero-order valence-electron chi connectivity index (χ0n) is 5.22. The van der Waals surface area contributed by atoms with Crippen molar-refractivity contribution >= 4 is 33.9 Å². The van der Waals surface area contributed by atoms with Gasteiger partial charge in [0.2, 0.25) is 0 Å². The van der Waals surface area contributed by atoms with Gasteiger partial charge in [0.15, 0.2) is 5.11 Å². The van der Waals surface area contributed by atoms with Crippen LogP contribution in [0.3, 0.4) is 0 Å². The minimum absolute atomic E-state index is 0.000000000000000222. The first-order chi connectivity index (χ1) is 4.86. The molecule has 0 saturated carbocycles. The zero-order chi connectivity index (χ0) is 9.44. The molecule has 7 nitrogen and oxygen atoms in total. The molecule has 6 N–H and O–H groups in total. The number of amides is 2. The SMILES string of the molecule is NC(=O)N=S(=O)=O.NC(N)=S. The summed E-state index contributed by atoms with van der Waals surface area (Å²) in [4.78, 5) is 9.47. The van der Waals surface area contributed by atoms with E-state index in [1.807, 2.05) is 0 Å². The lowest BCUT2D eigenvalue weighted by Gasteiger charge is -1.68. The average molecular weight is 198 g/mol. The van der Waals surface area contributed by atoms with Crippen molar-refractivity contribution < 1.29 is 13.2 Å². The summed E-state index contributed by atoms with van der Waals surface area (Å²) in [6.07, 6.45) is 0. The zero-order valence-corrected chi connectivity index (χ0v) is 6.85. The van der Waals surface area contributed by atoms with Crippen molar-refractivity contribution in [2.45, 2.75) is 0 Å². The Morgan fingerprint density at radius 3 is 1.55 bits per heavy atom. The standard InChI is InChI=1S/CH2N2O3S.CH4N2S/c2-1(4)3-7(5)6;2-1(3)4/h(H2,2,4);(H4,2,3,4). The van der Waals surface area contributed by atoms with Crippen LogP contribution >= 0.6 is 12.2 Å². The molecule has 0 aromatic carbocycles. The predicted molar refractivity (Wildman–Crippen MR) is 41.9 cm³/mol. The topological polar surface area (TPSA) is 142 Å². The number of hydrogen-bond donors (Lipinski definition) is 3. The van der Waals surface area contributed by atoms with Gasteiger partial charge >= 0.3 is 16.5 Å². The van der Waals surface area contributed by atoms with Crippen molar-refractivity contribution in [1.29, 1.82) is 0 Å². The van der Waals surface area contributed by atoms with E-state index in [-0.39, 0.29) is 5.11 Å². The Morgan fingerprint density at radius 2 is 1.55 bits per heavy atom. The van der Waals surface area contributed by atoms with Crippen LogP contribution in [0, 0.1) is 0 Å². The van der Waals surface area contributed by atoms with Crippen molar-refractivity contribution in [2.75, 3.05) is 0 Å². The van der Waals surface area contributed by atoms with Gasteiger partial charge in [0.05, 0.1) is 0 Å². The highest BCUT2D eigenvalue weighted by atomic mass is 32.2. The van der Waals surface area contributed by atoms with Crippen molar-refractivity contribution in [1.82, 2.24) is 0 Å². The van der Waals surface area contributed by atoms with Crippen LogP contribution in [-0.4, -0.2) is 19.6 Å². The summed E-state index contributed by atoms with van der Waals surface area (Å²) in [5.74, 6) is 0. The first-order valence-corrected chi connectivity index (χ1v) is 3.45. The number of carbonyl (C=O) groups excluding carboxylic acids is 1. The van der Waals surface area contributed by atoms with Crippen molar-refractivity contribution in [3.63, 3.8) is 0 Å². The number of hydrogen-bond acceptors (Lipinski definition) is 4. The summed E-state index contributed by atoms with van der Waals surface area (Å²) in [6.45, 7) is 0. The molecule has 0 saturated heterocycles. The molecule has 0 spiro atoms. The summed E-state index contributed by atoms with van der Waals surface area (Å²) in [5.41, 5.74) is 13.5. The normalized spacial score (nSPS) is 6.91. The Bertz CT molecular complexity index is 255. The number of nitrogens with zero attached hydrogens (tertiary/aromatic N) is 1. The van der Waals surface area contributed by atoms with E-state index in [9.17, 15) is 13.2 Å². The number of nitrogens with two attached hydrogens (primary N) is 3. The highest BCUT2D eigenvalue weighted by Crippen LogP contribution is 1.60. The number of rotatable bonds is 0. The van der Waals surface area contributed by atoms with Gasteiger partial charge in [-0.1, -0.05) is 4.36 Å². The van der Waals surface area contributed by atoms with Crippen LogP contribution in [0.5, 0.6) is 0 Å². The maximum absolute atomic E-state index is 9.47. The van der Waals surface area contributed by atoms with Crippen LogP contribution in [0.25, 0.3) is 0 Å². The second kappa shape index (κ2) is 6.89. The van der Waals surface area contributed by atoms with Gasteiger partial charge in [0.1, 0.15) is 0 Å². The van der Waals surface area contributed by atoms with Gasteiger partial charge in [-0.25, -0.2) is 4.79 Å². The Labute approximate surface area is 69.2 Å². The summed E-state index contributed by atoms with van der Waals surface area (Å²) in [5, 5.41) is 0.000000000000000222. The van der Waals surface area contributed by atoms with Crippen molar-refractivity contribution in [2.24, 2.45) is 21.6 Å². The van der Waals surface area contributed by atoms with E-state index in [1.165, 1.54) is 0 Å². The maximum atomic E-state index is 9.47. The summed E-state index contributed by atoms with van der Waals surface area (Å²) in [7, 11) is -2.70. The molecule has 0 bridgehead atoms. The Morgan fingerprint density at radius 1 is 1.27 bits per heavy atom. The smallest absolute Gasteiger partial charge is 0.353 e. The lowest BCUT2D eigenvalue weighted by molar-refractivity contribution is 0.257. The Balaban J connectivity index is 0. The summed E-state index contributed by atoms with van der Waals surface area (Å²) in [6, 6.07) is -1.20. The van der Waals surface area contributed by atoms with Gasteiger partial charge < -0.3 is 17.2 Å². The monoisotopic (exact) mass is 198 g/mol. The van der Waals surface area contributed by atoms with Gasteiger partial charge in [-0.05, 0) is 12.2 Å². The third kappa shape index (κ3) is 52.2. The number of thiocarbonyl (C=S) groups is 1. The molecule has 0 radical (unpaired) electrons. The number of carbonyl (C=O) groups is 1. The molecule has 64 valence electrons. The van der Waals surface area contributed by atoms with E-state index in [0.29, 0.717) is 0 Å². The molecule has 0 rings (SSSR count). The van der Waals surface area contributed by atoms with Crippen LogP contribution in [0.2, 0.25) is 0 Å². The lowest BCUT2D eigenvalue weighted by atomic mass is 11.2. The van der Waals surface area contributed by atoms with Crippen LogP contribution in [0.4, 0.5) is 4.79 Å². The molecule has 0 aromatic heterocycles. The Kier molecular flexibility index (Phi) is 7.81. The Hall–Kier alpha value is -1.22. The van der Waals surface area contributed by atoms with Crippen molar-refractivity contribution in [3.8, 4) is 0 Å². The van der Waals surface area contributed by atoms with Gasteiger partial charge in [-0.3, -0.25) is 0 Å². The van der Waals surface area contributed by atoms with E-state index in [2.05, 4.69) is 33.8 Å². The van der Waals surface area contributed by atoms with E-state index in [4.69, 9.17) is 0 Å². The minimum atomic E-state index is -2.70. The molecule has 0 unspecified atom stereocenters. The lowest BCUT2D eigenvalue weighted by Crippen LogP contribution is -2.18. The molecule has 0 fully saturated rings. The fraction of sp³-hybridized carbons (Fsp3) is 0. The maximum Gasteiger partial charge on any atom is 0.353 e. The molecule has 0 heterocycles. The van der Waals surface area contributed by atoms with E-state index in [0.717, 1.165) is 0 Å². The average Bonchev–Trinajstić information content (AvgIpc) is 1.56. The first-order valence-electron chi connectivity index (χ1n) is 2.01. The van der Waals surface area contributed by atoms with Gasteiger partial charge in [0.25, 0.3) is 0 Å². The third-order valence-corrected chi connectivity index (χ3v) is 0.494. The van der Waals surface area contributed by atoms with Crippen LogP contribution in [0.15, 0.2) is 4.36 Å². The molecule has 0 aromatic rings. The summed E-state index contributed by atoms with van der Waals surface area (Å²) < 4.78 is 21.0. The summed E-state index contributed by atoms with van der Waals surface area (Å²) >= 11 is 4.09. The highest BCUT2D eigenvalue weighted by molar-refractivity contribution is 7.80. The minimum Gasteiger partial charge on any atom is -0.377 e. The van der Waals surface area contributed by atoms with Gasteiger partial charge in [-0.2, -0.15) is 8.42 Å². The quantitative estimate of drug-likeness (QED) is 0.397. The fourth-order valence-electron chi connectivity index (χ4n) is 0.0735. The fourth-order valence-corrected chi connectivity index (χ4v) is 0.220. The first kappa shape index (κ1) is 12.5. The van der Waals surface area contributed by atoms with E-state index in [1.54, 1.807) is 0 Å². The molecule has 0 aliphatic heterocycles. The highest BCUT2D eigenvalue weighted by Gasteiger charge is 1.80. The second-order valence-electron chi connectivity index (χ2n) is 1.05. The van der Waals surface area contributed by atoms with E-state index >= 15 is 0 Å². The largest absolute Gasteiger partial charge is 0.377 e. The molecule has 0 aliphatic rings. The molecular formula is C2H6N4O3S2. The molecule has 0 atom stereocenters. The number of primary amides is 1. The van der Waals surface area contributed by atoms with Gasteiger partial charge in [0, 0.05) is 0 Å². The second-order valence-corrected chi connectivity index (χ2v) is 2.14. The predicted octanol–water partition coefficient (Wildman–Crippen LogP) is -1.68. The molecule has 11 heavy (non-hydrogen) atoms. The molecule has 0 aliphatic carbocycles. The molecule has 9 heteroatoms. The molecule has 2 amide bonds. The van der Waals surface area contributed by atoms with Crippen LogP contribution in [0.1, 0.15) is 0 Å². The van der Waals surface area contributed by atoms with Crippen molar-refractivity contribution in [3.05, 3.63) is 0 Å². The molecular weight excluding hydrogens is 192 g/mol.